The summed E-state index contributed by atoms with van der Waals surface area (Å²) in [5, 5.41) is 0. The number of nitrogens with zero attached hydrogens (tertiary/aromatic N) is 3. The third-order valence-electron chi connectivity index (χ3n) is 6.35. The molecule has 1 aromatic carbocycles. The number of benzene rings is 1. The van der Waals surface area contributed by atoms with Crippen LogP contribution in [0.1, 0.15) is 58.1 Å². The second-order valence-electron chi connectivity index (χ2n) is 9.00. The Balaban J connectivity index is 2.25. The standard InChI is InChI=1S/C30H44N4/c1-8-12-15-34(29-18-25(9-2)17-26(19-29)20-31)28-13-14-30(23(5)16-28)32-21-24(6)27(10-3)22-33(7)11-4/h10,13,16-19,21-22,30H,3,6,8-9,11-12,14-15,20,31H2,1-2,4-5,7H3/b27-22+,32-21-. The Morgan fingerprint density at radius 1 is 1.21 bits per heavy atom. The van der Waals surface area contributed by atoms with Gasteiger partial charge in [0, 0.05) is 50.5 Å². The molecule has 4 nitrogen and oxygen atoms in total. The van der Waals surface area contributed by atoms with Crippen LogP contribution in [0.2, 0.25) is 0 Å². The normalized spacial score (nSPS) is 16.3. The molecule has 0 radical (unpaired) electrons. The molecule has 1 aromatic rings. The lowest BCUT2D eigenvalue weighted by Gasteiger charge is -2.30. The summed E-state index contributed by atoms with van der Waals surface area (Å²) in [4.78, 5) is 9.43. The number of rotatable bonds is 13. The van der Waals surface area contributed by atoms with Crippen LogP contribution < -0.4 is 10.6 Å². The predicted octanol–water partition coefficient (Wildman–Crippen LogP) is 6.57. The minimum atomic E-state index is 0.130. The first-order valence-corrected chi connectivity index (χ1v) is 12.6. The number of unbranched alkanes of at least 4 members (excludes halogenated alkanes) is 1. The van der Waals surface area contributed by atoms with Gasteiger partial charge < -0.3 is 15.5 Å². The zero-order valence-corrected chi connectivity index (χ0v) is 22.0. The number of allylic oxidation sites excluding steroid dienone is 4. The molecule has 0 fully saturated rings. The summed E-state index contributed by atoms with van der Waals surface area (Å²) in [5.41, 5.74) is 14.2. The number of hydrogen-bond acceptors (Lipinski definition) is 4. The molecule has 0 aromatic heterocycles. The van der Waals surface area contributed by atoms with Gasteiger partial charge in [0.05, 0.1) is 6.04 Å². The summed E-state index contributed by atoms with van der Waals surface area (Å²) >= 11 is 0. The summed E-state index contributed by atoms with van der Waals surface area (Å²) in [6.07, 6.45) is 14.6. The van der Waals surface area contributed by atoms with E-state index in [1.165, 1.54) is 28.1 Å². The lowest BCUT2D eigenvalue weighted by atomic mass is 9.97. The Morgan fingerprint density at radius 2 is 1.94 bits per heavy atom. The first-order chi connectivity index (χ1) is 16.4. The van der Waals surface area contributed by atoms with Gasteiger partial charge in [0.25, 0.3) is 0 Å². The summed E-state index contributed by atoms with van der Waals surface area (Å²) in [6, 6.07) is 6.90. The maximum absolute atomic E-state index is 6.00. The van der Waals surface area contributed by atoms with E-state index in [0.29, 0.717) is 6.54 Å². The van der Waals surface area contributed by atoms with Gasteiger partial charge in [0.15, 0.2) is 0 Å². The van der Waals surface area contributed by atoms with Crippen molar-refractivity contribution in [1.29, 1.82) is 0 Å². The highest BCUT2D eigenvalue weighted by molar-refractivity contribution is 5.85. The molecule has 1 atom stereocenters. The highest BCUT2D eigenvalue weighted by atomic mass is 15.1. The Bertz CT molecular complexity index is 942. The van der Waals surface area contributed by atoms with E-state index in [2.05, 4.69) is 87.2 Å². The van der Waals surface area contributed by atoms with Gasteiger partial charge in [-0.2, -0.15) is 0 Å². The number of aryl methyl sites for hydroxylation is 1. The molecule has 2 N–H and O–H groups in total. The first kappa shape index (κ1) is 27.4. The summed E-state index contributed by atoms with van der Waals surface area (Å²) in [7, 11) is 2.05. The molecule has 0 saturated heterocycles. The average Bonchev–Trinajstić information content (AvgIpc) is 2.86. The second kappa shape index (κ2) is 13.8. The Kier molecular flexibility index (Phi) is 11.1. The van der Waals surface area contributed by atoms with Gasteiger partial charge >= 0.3 is 0 Å². The van der Waals surface area contributed by atoms with Crippen molar-refractivity contribution in [3.63, 3.8) is 0 Å². The molecule has 2 rings (SSSR count). The molecule has 0 saturated carbocycles. The van der Waals surface area contributed by atoms with Gasteiger partial charge in [-0.15, -0.1) is 0 Å². The maximum Gasteiger partial charge on any atom is 0.0745 e. The average molecular weight is 461 g/mol. The van der Waals surface area contributed by atoms with Crippen molar-refractivity contribution in [3.05, 3.63) is 89.3 Å². The molecule has 0 amide bonds. The minimum absolute atomic E-state index is 0.130. The fourth-order valence-corrected chi connectivity index (χ4v) is 3.97. The smallest absolute Gasteiger partial charge is 0.0745 e. The molecule has 1 aliphatic rings. The molecule has 0 heterocycles. The van der Waals surface area contributed by atoms with Crippen LogP contribution in [0.15, 0.2) is 83.2 Å². The van der Waals surface area contributed by atoms with Crippen LogP contribution in [-0.2, 0) is 13.0 Å². The van der Waals surface area contributed by atoms with Gasteiger partial charge in [0.1, 0.15) is 0 Å². The molecule has 184 valence electrons. The number of nitrogens with two attached hydrogens (primary N) is 1. The van der Waals surface area contributed by atoms with Crippen molar-refractivity contribution >= 4 is 11.9 Å². The topological polar surface area (TPSA) is 44.9 Å². The third kappa shape index (κ3) is 7.59. The van der Waals surface area contributed by atoms with Crippen LogP contribution in [0.5, 0.6) is 0 Å². The van der Waals surface area contributed by atoms with Crippen LogP contribution in [0, 0.1) is 0 Å². The molecular formula is C30H44N4. The van der Waals surface area contributed by atoms with Gasteiger partial charge in [-0.3, -0.25) is 4.99 Å². The molecule has 0 aliphatic heterocycles. The van der Waals surface area contributed by atoms with E-state index < -0.39 is 0 Å². The number of anilines is 1. The summed E-state index contributed by atoms with van der Waals surface area (Å²) in [6.45, 7) is 19.4. The van der Waals surface area contributed by atoms with E-state index in [1.807, 2.05) is 19.3 Å². The van der Waals surface area contributed by atoms with Crippen molar-refractivity contribution in [3.8, 4) is 0 Å². The summed E-state index contributed by atoms with van der Waals surface area (Å²) < 4.78 is 0. The largest absolute Gasteiger partial charge is 0.380 e. The molecule has 0 spiro atoms. The predicted molar refractivity (Wildman–Crippen MR) is 150 cm³/mol. The minimum Gasteiger partial charge on any atom is -0.380 e. The van der Waals surface area contributed by atoms with Gasteiger partial charge in [-0.25, -0.2) is 0 Å². The van der Waals surface area contributed by atoms with E-state index >= 15 is 0 Å². The van der Waals surface area contributed by atoms with Crippen LogP contribution in [0.3, 0.4) is 0 Å². The SMILES string of the molecule is C=C/C(=C\N(C)CC)C(=C)/C=N\C1CC=C(N(CCCC)c2cc(CC)cc(CN)c2)C=C1C. The molecular weight excluding hydrogens is 416 g/mol. The fraction of sp³-hybridized carbons (Fsp3) is 0.433. The van der Waals surface area contributed by atoms with Crippen molar-refractivity contribution in [2.24, 2.45) is 10.7 Å². The zero-order valence-electron chi connectivity index (χ0n) is 22.0. The number of hydrogen-bond donors (Lipinski definition) is 1. The van der Waals surface area contributed by atoms with Crippen LogP contribution >= 0.6 is 0 Å². The van der Waals surface area contributed by atoms with Crippen molar-refractivity contribution in [2.45, 2.75) is 66.0 Å². The van der Waals surface area contributed by atoms with Crippen LogP contribution in [0.4, 0.5) is 5.69 Å². The number of aliphatic imine (C=N–C) groups is 1. The highest BCUT2D eigenvalue weighted by Crippen LogP contribution is 2.29. The quantitative estimate of drug-likeness (QED) is 0.268. The molecule has 1 aliphatic carbocycles. The second-order valence-corrected chi connectivity index (χ2v) is 9.00. The van der Waals surface area contributed by atoms with Crippen LogP contribution in [-0.4, -0.2) is 37.3 Å². The molecule has 34 heavy (non-hydrogen) atoms. The summed E-state index contributed by atoms with van der Waals surface area (Å²) in [5.74, 6) is 0. The monoisotopic (exact) mass is 460 g/mol. The fourth-order valence-electron chi connectivity index (χ4n) is 3.97. The zero-order chi connectivity index (χ0) is 25.1. The molecule has 1 unspecified atom stereocenters. The van der Waals surface area contributed by atoms with E-state index in [1.54, 1.807) is 0 Å². The molecule has 0 bridgehead atoms. The van der Waals surface area contributed by atoms with Gasteiger partial charge in [-0.05, 0) is 79.2 Å². The van der Waals surface area contributed by atoms with Gasteiger partial charge in [0.2, 0.25) is 0 Å². The Morgan fingerprint density at radius 3 is 2.53 bits per heavy atom. The first-order valence-electron chi connectivity index (χ1n) is 12.6. The maximum atomic E-state index is 6.00. The van der Waals surface area contributed by atoms with Crippen LogP contribution in [0.25, 0.3) is 0 Å². The highest BCUT2D eigenvalue weighted by Gasteiger charge is 2.19. The van der Waals surface area contributed by atoms with Crippen molar-refractivity contribution < 1.29 is 0 Å². The third-order valence-corrected chi connectivity index (χ3v) is 6.35. The Hall–Kier alpha value is -2.85. The van der Waals surface area contributed by atoms with E-state index in [0.717, 1.165) is 49.9 Å². The van der Waals surface area contributed by atoms with Gasteiger partial charge in [-0.1, -0.05) is 51.6 Å². The van der Waals surface area contributed by atoms with E-state index in [4.69, 9.17) is 10.7 Å². The van der Waals surface area contributed by atoms with E-state index in [9.17, 15) is 0 Å². The lowest BCUT2D eigenvalue weighted by molar-refractivity contribution is 0.482. The Labute approximate surface area is 207 Å². The lowest BCUT2D eigenvalue weighted by Crippen LogP contribution is -2.26. The van der Waals surface area contributed by atoms with E-state index in [-0.39, 0.29) is 6.04 Å². The van der Waals surface area contributed by atoms with Crippen molar-refractivity contribution in [1.82, 2.24) is 4.90 Å². The van der Waals surface area contributed by atoms with Crippen molar-refractivity contribution in [2.75, 3.05) is 25.0 Å². The molecule has 4 heteroatoms.